The van der Waals surface area contributed by atoms with E-state index in [9.17, 15) is 0 Å². The molecule has 0 aliphatic heterocycles. The molecule has 2 aromatic rings. The van der Waals surface area contributed by atoms with Gasteiger partial charge in [-0.2, -0.15) is 5.10 Å². The summed E-state index contributed by atoms with van der Waals surface area (Å²) in [5.74, 6) is 5.60. The van der Waals surface area contributed by atoms with Crippen molar-refractivity contribution in [3.8, 4) is 0 Å². The summed E-state index contributed by atoms with van der Waals surface area (Å²) in [5, 5.41) is 5.47. The zero-order valence-electron chi connectivity index (χ0n) is 10.6. The van der Waals surface area contributed by atoms with Crippen molar-refractivity contribution in [1.29, 1.82) is 0 Å². The average Bonchev–Trinajstić information content (AvgIpc) is 2.78. The summed E-state index contributed by atoms with van der Waals surface area (Å²) in [6.45, 7) is 0. The number of nitrogens with zero attached hydrogens (tertiary/aromatic N) is 2. The van der Waals surface area contributed by atoms with E-state index in [1.807, 2.05) is 31.4 Å². The number of hydrogen-bond acceptors (Lipinski definition) is 3. The van der Waals surface area contributed by atoms with Crippen LogP contribution in [0.3, 0.4) is 0 Å². The zero-order chi connectivity index (χ0) is 13.8. The number of nitrogens with one attached hydrogen (secondary N) is 1. The lowest BCUT2D eigenvalue weighted by Crippen LogP contribution is -2.38. The Hall–Kier alpha value is -1.07. The molecule has 1 unspecified atom stereocenters. The summed E-state index contributed by atoms with van der Waals surface area (Å²) in [6.07, 6.45) is 3.45. The van der Waals surface area contributed by atoms with Gasteiger partial charge < -0.3 is 0 Å². The second-order valence-corrected chi connectivity index (χ2v) is 5.32. The van der Waals surface area contributed by atoms with Crippen molar-refractivity contribution in [2.24, 2.45) is 12.9 Å². The van der Waals surface area contributed by atoms with Crippen molar-refractivity contribution in [3.63, 3.8) is 0 Å². The molecule has 0 bridgehead atoms. The van der Waals surface area contributed by atoms with Crippen LogP contribution in [0.25, 0.3) is 0 Å². The van der Waals surface area contributed by atoms with Crippen molar-refractivity contribution in [2.45, 2.75) is 18.9 Å². The molecule has 1 heterocycles. The molecule has 102 valence electrons. The van der Waals surface area contributed by atoms with Gasteiger partial charge in [-0.3, -0.25) is 16.0 Å². The molecule has 0 aliphatic rings. The largest absolute Gasteiger partial charge is 0.276 e. The minimum atomic E-state index is 0.104. The second-order valence-electron chi connectivity index (χ2n) is 4.50. The number of hydrazine groups is 1. The molecular formula is C13H16Cl2N4. The topological polar surface area (TPSA) is 55.9 Å². The molecule has 1 atom stereocenters. The third-order valence-corrected chi connectivity index (χ3v) is 3.67. The van der Waals surface area contributed by atoms with E-state index in [4.69, 9.17) is 29.0 Å². The first-order valence-corrected chi connectivity index (χ1v) is 6.72. The lowest BCUT2D eigenvalue weighted by molar-refractivity contribution is 0.514. The van der Waals surface area contributed by atoms with Crippen molar-refractivity contribution < 1.29 is 0 Å². The van der Waals surface area contributed by atoms with Gasteiger partial charge in [0.1, 0.15) is 0 Å². The first-order chi connectivity index (χ1) is 9.08. The number of halogens is 2. The van der Waals surface area contributed by atoms with Gasteiger partial charge in [0.2, 0.25) is 0 Å². The van der Waals surface area contributed by atoms with Crippen LogP contribution in [0.15, 0.2) is 30.5 Å². The first-order valence-electron chi connectivity index (χ1n) is 5.97. The van der Waals surface area contributed by atoms with Gasteiger partial charge >= 0.3 is 0 Å². The molecule has 2 rings (SSSR count). The van der Waals surface area contributed by atoms with E-state index in [0.717, 1.165) is 24.1 Å². The van der Waals surface area contributed by atoms with Crippen LogP contribution in [0, 0.1) is 0 Å². The molecule has 0 spiro atoms. The molecule has 0 amide bonds. The van der Waals surface area contributed by atoms with Gasteiger partial charge in [0.05, 0.1) is 15.7 Å². The van der Waals surface area contributed by atoms with Crippen molar-refractivity contribution in [3.05, 3.63) is 51.8 Å². The highest BCUT2D eigenvalue weighted by Gasteiger charge is 2.11. The highest BCUT2D eigenvalue weighted by Crippen LogP contribution is 2.23. The predicted molar refractivity (Wildman–Crippen MR) is 78.2 cm³/mol. The fraction of sp³-hybridized carbons (Fsp3) is 0.308. The van der Waals surface area contributed by atoms with Gasteiger partial charge in [0.25, 0.3) is 0 Å². The number of nitrogens with two attached hydrogens (primary N) is 1. The SMILES string of the molecule is Cn1ccc(CC(Cc2ccc(Cl)c(Cl)c2)NN)n1. The van der Waals surface area contributed by atoms with Crippen LogP contribution in [0.4, 0.5) is 0 Å². The third-order valence-electron chi connectivity index (χ3n) is 2.93. The van der Waals surface area contributed by atoms with Crippen LogP contribution in [-0.4, -0.2) is 15.8 Å². The fourth-order valence-corrected chi connectivity index (χ4v) is 2.29. The van der Waals surface area contributed by atoms with Gasteiger partial charge in [-0.1, -0.05) is 29.3 Å². The Morgan fingerprint density at radius 2 is 2.05 bits per heavy atom. The quantitative estimate of drug-likeness (QED) is 0.658. The summed E-state index contributed by atoms with van der Waals surface area (Å²) in [6, 6.07) is 7.71. The number of aromatic nitrogens is 2. The monoisotopic (exact) mass is 298 g/mol. The molecule has 0 fully saturated rings. The number of hydrogen-bond donors (Lipinski definition) is 2. The fourth-order valence-electron chi connectivity index (χ4n) is 1.97. The highest BCUT2D eigenvalue weighted by molar-refractivity contribution is 6.42. The van der Waals surface area contributed by atoms with Gasteiger partial charge in [-0.25, -0.2) is 0 Å². The average molecular weight is 299 g/mol. The van der Waals surface area contributed by atoms with Crippen LogP contribution >= 0.6 is 23.2 Å². The van der Waals surface area contributed by atoms with Crippen LogP contribution in [0.1, 0.15) is 11.3 Å². The Morgan fingerprint density at radius 1 is 1.26 bits per heavy atom. The summed E-state index contributed by atoms with van der Waals surface area (Å²) >= 11 is 11.9. The van der Waals surface area contributed by atoms with E-state index in [-0.39, 0.29) is 6.04 Å². The van der Waals surface area contributed by atoms with E-state index in [0.29, 0.717) is 10.0 Å². The number of rotatable bonds is 5. The normalized spacial score (nSPS) is 12.6. The lowest BCUT2D eigenvalue weighted by Gasteiger charge is -2.15. The first kappa shape index (κ1) is 14.3. The lowest BCUT2D eigenvalue weighted by atomic mass is 10.0. The molecule has 3 N–H and O–H groups in total. The zero-order valence-corrected chi connectivity index (χ0v) is 12.1. The molecule has 1 aromatic carbocycles. The maximum absolute atomic E-state index is 6.00. The number of aryl methyl sites for hydroxylation is 1. The number of benzene rings is 1. The smallest absolute Gasteiger partial charge is 0.0640 e. The standard InChI is InChI=1S/C13H16Cl2N4/c1-19-5-4-10(18-19)8-11(17-16)6-9-2-3-12(14)13(15)7-9/h2-5,7,11,17H,6,8,16H2,1H3. The van der Waals surface area contributed by atoms with E-state index in [1.54, 1.807) is 10.7 Å². The Balaban J connectivity index is 2.04. The molecule has 0 radical (unpaired) electrons. The summed E-state index contributed by atoms with van der Waals surface area (Å²) in [7, 11) is 1.90. The summed E-state index contributed by atoms with van der Waals surface area (Å²) in [4.78, 5) is 0. The molecular weight excluding hydrogens is 283 g/mol. The molecule has 6 heteroatoms. The summed E-state index contributed by atoms with van der Waals surface area (Å²) in [5.41, 5.74) is 4.91. The minimum absolute atomic E-state index is 0.104. The van der Waals surface area contributed by atoms with E-state index >= 15 is 0 Å². The predicted octanol–water partition coefficient (Wildman–Crippen LogP) is 2.34. The minimum Gasteiger partial charge on any atom is -0.276 e. The highest BCUT2D eigenvalue weighted by atomic mass is 35.5. The van der Waals surface area contributed by atoms with Gasteiger partial charge in [-0.15, -0.1) is 0 Å². The maximum atomic E-state index is 6.00. The van der Waals surface area contributed by atoms with Crippen molar-refractivity contribution in [2.75, 3.05) is 0 Å². The molecule has 0 saturated carbocycles. The molecule has 4 nitrogen and oxygen atoms in total. The van der Waals surface area contributed by atoms with Crippen LogP contribution in [0.5, 0.6) is 0 Å². The van der Waals surface area contributed by atoms with Crippen molar-refractivity contribution in [1.82, 2.24) is 15.2 Å². The van der Waals surface area contributed by atoms with Crippen LogP contribution in [0.2, 0.25) is 10.0 Å². The molecule has 0 aliphatic carbocycles. The van der Waals surface area contributed by atoms with Crippen LogP contribution in [-0.2, 0) is 19.9 Å². The van der Waals surface area contributed by atoms with E-state index < -0.39 is 0 Å². The maximum Gasteiger partial charge on any atom is 0.0640 e. The molecule has 19 heavy (non-hydrogen) atoms. The Kier molecular flexibility index (Phi) is 4.82. The Bertz CT molecular complexity index is 553. The molecule has 0 saturated heterocycles. The van der Waals surface area contributed by atoms with E-state index in [2.05, 4.69) is 10.5 Å². The van der Waals surface area contributed by atoms with Crippen LogP contribution < -0.4 is 11.3 Å². The van der Waals surface area contributed by atoms with Gasteiger partial charge in [0.15, 0.2) is 0 Å². The van der Waals surface area contributed by atoms with Crippen molar-refractivity contribution >= 4 is 23.2 Å². The second kappa shape index (κ2) is 6.39. The third kappa shape index (κ3) is 3.94. The van der Waals surface area contributed by atoms with E-state index in [1.165, 1.54) is 0 Å². The summed E-state index contributed by atoms with van der Waals surface area (Å²) < 4.78 is 1.78. The van der Waals surface area contributed by atoms with Gasteiger partial charge in [-0.05, 0) is 30.2 Å². The molecule has 1 aromatic heterocycles. The Labute approximate surface area is 122 Å². The van der Waals surface area contributed by atoms with Gasteiger partial charge in [0, 0.05) is 25.7 Å². The Morgan fingerprint density at radius 3 is 2.63 bits per heavy atom.